The first-order valence-corrected chi connectivity index (χ1v) is 5.72. The third-order valence-corrected chi connectivity index (χ3v) is 2.68. The molecule has 0 radical (unpaired) electrons. The summed E-state index contributed by atoms with van der Waals surface area (Å²) in [7, 11) is 0. The van der Waals surface area contributed by atoms with Gasteiger partial charge in [-0.1, -0.05) is 46.0 Å². The maximum atomic E-state index is 9.53. The molecule has 0 fully saturated rings. The maximum absolute atomic E-state index is 9.53. The van der Waals surface area contributed by atoms with Crippen molar-refractivity contribution in [2.24, 2.45) is 5.92 Å². The van der Waals surface area contributed by atoms with Gasteiger partial charge in [-0.05, 0) is 26.2 Å². The monoisotopic (exact) mass is 186 g/mol. The highest BCUT2D eigenvalue weighted by Gasteiger charge is 2.13. The summed E-state index contributed by atoms with van der Waals surface area (Å²) >= 11 is 0. The summed E-state index contributed by atoms with van der Waals surface area (Å²) in [5, 5.41) is 9.53. The normalized spacial score (nSPS) is 14.5. The van der Waals surface area contributed by atoms with Crippen molar-refractivity contribution in [3.05, 3.63) is 0 Å². The second-order valence-corrected chi connectivity index (χ2v) is 4.77. The molecule has 1 N–H and O–H groups in total. The summed E-state index contributed by atoms with van der Waals surface area (Å²) < 4.78 is 0. The highest BCUT2D eigenvalue weighted by Crippen LogP contribution is 2.21. The summed E-state index contributed by atoms with van der Waals surface area (Å²) in [5.41, 5.74) is -0.468. The van der Waals surface area contributed by atoms with Crippen molar-refractivity contribution < 1.29 is 5.11 Å². The van der Waals surface area contributed by atoms with Crippen LogP contribution in [0.1, 0.15) is 66.2 Å². The lowest BCUT2D eigenvalue weighted by atomic mass is 9.91. The topological polar surface area (TPSA) is 20.2 Å². The molecule has 0 aliphatic carbocycles. The van der Waals surface area contributed by atoms with E-state index < -0.39 is 5.60 Å². The number of hydrogen-bond acceptors (Lipinski definition) is 1. The SMILES string of the molecule is CCCC(CC)CCCC(C)(C)O. The Bertz CT molecular complexity index is 113. The Kier molecular flexibility index (Phi) is 6.40. The van der Waals surface area contributed by atoms with Gasteiger partial charge in [0.25, 0.3) is 0 Å². The van der Waals surface area contributed by atoms with Crippen LogP contribution in [0.3, 0.4) is 0 Å². The Balaban J connectivity index is 3.49. The van der Waals surface area contributed by atoms with Crippen LogP contribution in [-0.4, -0.2) is 10.7 Å². The molecule has 1 nitrogen and oxygen atoms in total. The molecule has 0 aromatic heterocycles. The van der Waals surface area contributed by atoms with Gasteiger partial charge in [-0.25, -0.2) is 0 Å². The average Bonchev–Trinajstić information content (AvgIpc) is 2.01. The van der Waals surface area contributed by atoms with Gasteiger partial charge in [0.1, 0.15) is 0 Å². The Hall–Kier alpha value is -0.0400. The smallest absolute Gasteiger partial charge is 0.0591 e. The van der Waals surface area contributed by atoms with Crippen LogP contribution in [0.4, 0.5) is 0 Å². The fourth-order valence-electron chi connectivity index (χ4n) is 1.78. The molecule has 0 saturated heterocycles. The zero-order chi connectivity index (χ0) is 10.3. The lowest BCUT2D eigenvalue weighted by Crippen LogP contribution is -2.18. The van der Waals surface area contributed by atoms with Gasteiger partial charge in [-0.3, -0.25) is 0 Å². The predicted octanol–water partition coefficient (Wildman–Crippen LogP) is 3.75. The van der Waals surface area contributed by atoms with Gasteiger partial charge < -0.3 is 5.11 Å². The molecule has 0 aliphatic heterocycles. The summed E-state index contributed by atoms with van der Waals surface area (Å²) in [5.74, 6) is 0.882. The second kappa shape index (κ2) is 6.42. The van der Waals surface area contributed by atoms with Crippen LogP contribution in [0.15, 0.2) is 0 Å². The van der Waals surface area contributed by atoms with Gasteiger partial charge in [0.2, 0.25) is 0 Å². The van der Waals surface area contributed by atoms with Crippen molar-refractivity contribution in [1.82, 2.24) is 0 Å². The number of aliphatic hydroxyl groups is 1. The molecule has 0 bridgehead atoms. The van der Waals surface area contributed by atoms with Gasteiger partial charge in [-0.2, -0.15) is 0 Å². The molecule has 0 heterocycles. The van der Waals surface area contributed by atoms with Crippen molar-refractivity contribution >= 4 is 0 Å². The van der Waals surface area contributed by atoms with Crippen molar-refractivity contribution in [3.63, 3.8) is 0 Å². The van der Waals surface area contributed by atoms with Crippen molar-refractivity contribution in [1.29, 1.82) is 0 Å². The van der Waals surface area contributed by atoms with Crippen LogP contribution in [-0.2, 0) is 0 Å². The lowest BCUT2D eigenvalue weighted by molar-refractivity contribution is 0.0666. The van der Waals surface area contributed by atoms with Crippen molar-refractivity contribution in [2.75, 3.05) is 0 Å². The lowest BCUT2D eigenvalue weighted by Gasteiger charge is -2.19. The van der Waals surface area contributed by atoms with Gasteiger partial charge >= 0.3 is 0 Å². The van der Waals surface area contributed by atoms with Crippen LogP contribution >= 0.6 is 0 Å². The molecule has 80 valence electrons. The molecule has 1 atom stereocenters. The Morgan fingerprint density at radius 1 is 1.15 bits per heavy atom. The molecule has 0 aromatic rings. The molecular formula is C12H26O. The van der Waals surface area contributed by atoms with Crippen LogP contribution in [0.2, 0.25) is 0 Å². The van der Waals surface area contributed by atoms with E-state index >= 15 is 0 Å². The third-order valence-electron chi connectivity index (χ3n) is 2.68. The van der Waals surface area contributed by atoms with Gasteiger partial charge in [0.15, 0.2) is 0 Å². The molecule has 0 aromatic carbocycles. The van der Waals surface area contributed by atoms with Gasteiger partial charge in [0, 0.05) is 0 Å². The molecule has 0 aliphatic rings. The Morgan fingerprint density at radius 2 is 1.77 bits per heavy atom. The largest absolute Gasteiger partial charge is 0.390 e. The van der Waals surface area contributed by atoms with Gasteiger partial charge in [0.05, 0.1) is 5.60 Å². The second-order valence-electron chi connectivity index (χ2n) is 4.77. The van der Waals surface area contributed by atoms with Crippen LogP contribution in [0, 0.1) is 5.92 Å². The molecule has 1 heteroatoms. The van der Waals surface area contributed by atoms with E-state index in [9.17, 15) is 5.11 Å². The molecule has 1 unspecified atom stereocenters. The van der Waals surface area contributed by atoms with Crippen LogP contribution < -0.4 is 0 Å². The number of rotatable bonds is 7. The Morgan fingerprint density at radius 3 is 2.15 bits per heavy atom. The zero-order valence-corrected chi connectivity index (χ0v) is 9.77. The van der Waals surface area contributed by atoms with E-state index in [0.29, 0.717) is 0 Å². The molecule has 0 amide bonds. The van der Waals surface area contributed by atoms with Gasteiger partial charge in [-0.15, -0.1) is 0 Å². The fourth-order valence-corrected chi connectivity index (χ4v) is 1.78. The summed E-state index contributed by atoms with van der Waals surface area (Å²) in [4.78, 5) is 0. The molecule has 13 heavy (non-hydrogen) atoms. The first kappa shape index (κ1) is 13.0. The van der Waals surface area contributed by atoms with E-state index in [1.54, 1.807) is 0 Å². The minimum absolute atomic E-state index is 0.468. The van der Waals surface area contributed by atoms with E-state index in [0.717, 1.165) is 12.3 Å². The van der Waals surface area contributed by atoms with E-state index in [1.807, 2.05) is 13.8 Å². The fraction of sp³-hybridized carbons (Fsp3) is 1.00. The van der Waals surface area contributed by atoms with E-state index in [-0.39, 0.29) is 0 Å². The quantitative estimate of drug-likeness (QED) is 0.642. The zero-order valence-electron chi connectivity index (χ0n) is 9.77. The van der Waals surface area contributed by atoms with E-state index in [4.69, 9.17) is 0 Å². The van der Waals surface area contributed by atoms with E-state index in [2.05, 4.69) is 13.8 Å². The molecule has 0 saturated carbocycles. The minimum atomic E-state index is -0.468. The van der Waals surface area contributed by atoms with Crippen LogP contribution in [0.5, 0.6) is 0 Å². The Labute approximate surface area is 83.5 Å². The summed E-state index contributed by atoms with van der Waals surface area (Å²) in [6, 6.07) is 0. The number of hydrogen-bond donors (Lipinski definition) is 1. The summed E-state index contributed by atoms with van der Waals surface area (Å²) in [6.07, 6.45) is 7.33. The molecule has 0 spiro atoms. The average molecular weight is 186 g/mol. The minimum Gasteiger partial charge on any atom is -0.390 e. The van der Waals surface area contributed by atoms with Crippen molar-refractivity contribution in [3.8, 4) is 0 Å². The standard InChI is InChI=1S/C12H26O/c1-5-8-11(6-2)9-7-10-12(3,4)13/h11,13H,5-10H2,1-4H3. The highest BCUT2D eigenvalue weighted by atomic mass is 16.3. The first-order valence-electron chi connectivity index (χ1n) is 5.72. The molecular weight excluding hydrogens is 160 g/mol. The van der Waals surface area contributed by atoms with Crippen molar-refractivity contribution in [2.45, 2.75) is 71.8 Å². The van der Waals surface area contributed by atoms with Crippen LogP contribution in [0.25, 0.3) is 0 Å². The predicted molar refractivity (Wildman–Crippen MR) is 58.8 cm³/mol. The molecule has 0 rings (SSSR count). The highest BCUT2D eigenvalue weighted by molar-refractivity contribution is 4.66. The summed E-state index contributed by atoms with van der Waals surface area (Å²) in [6.45, 7) is 8.31. The first-order chi connectivity index (χ1) is 5.99. The van der Waals surface area contributed by atoms with E-state index in [1.165, 1.54) is 32.1 Å². The third kappa shape index (κ3) is 8.29. The maximum Gasteiger partial charge on any atom is 0.0591 e.